The molecule has 0 amide bonds. The Morgan fingerprint density at radius 1 is 1.08 bits per heavy atom. The normalized spacial score (nSPS) is 46.1. The number of carbonyl (C=O) groups excluding carboxylic acids is 1. The summed E-state index contributed by atoms with van der Waals surface area (Å²) in [5, 5.41) is 36.4. The van der Waals surface area contributed by atoms with Crippen LogP contribution in [0.1, 0.15) is 6.92 Å². The molecule has 6 heteroatoms. The first kappa shape index (κ1) is 10.6. The van der Waals surface area contributed by atoms with Gasteiger partial charge in [-0.15, -0.1) is 0 Å². The number of ether oxygens (including phenoxy) is 1. The predicted octanol–water partition coefficient (Wildman–Crippen LogP) is -2.62. The van der Waals surface area contributed by atoms with Gasteiger partial charge in [0.25, 0.3) is 0 Å². The van der Waals surface area contributed by atoms with Crippen LogP contribution in [-0.2, 0) is 9.53 Å². The molecule has 1 saturated heterocycles. The van der Waals surface area contributed by atoms with Crippen LogP contribution >= 0.6 is 0 Å². The van der Waals surface area contributed by atoms with Gasteiger partial charge in [-0.25, -0.2) is 0 Å². The summed E-state index contributed by atoms with van der Waals surface area (Å²) in [4.78, 5) is 10.8. The third-order valence-corrected chi connectivity index (χ3v) is 1.99. The molecule has 76 valence electrons. The molecule has 1 heterocycles. The molecule has 1 rings (SSSR count). The second kappa shape index (κ2) is 3.69. The lowest BCUT2D eigenvalue weighted by atomic mass is 9.97. The quantitative estimate of drug-likeness (QED) is 0.362. The van der Waals surface area contributed by atoms with E-state index in [9.17, 15) is 9.90 Å². The van der Waals surface area contributed by atoms with Crippen molar-refractivity contribution in [2.24, 2.45) is 0 Å². The Kier molecular flexibility index (Phi) is 2.99. The van der Waals surface area contributed by atoms with Crippen LogP contribution in [0.4, 0.5) is 0 Å². The lowest BCUT2D eigenvalue weighted by molar-refractivity contribution is -0.274. The van der Waals surface area contributed by atoms with Crippen molar-refractivity contribution in [2.45, 2.75) is 37.6 Å². The topological polar surface area (TPSA) is 107 Å². The van der Waals surface area contributed by atoms with Gasteiger partial charge in [-0.2, -0.15) is 0 Å². The van der Waals surface area contributed by atoms with E-state index in [2.05, 4.69) is 4.74 Å². The van der Waals surface area contributed by atoms with Gasteiger partial charge in [0.2, 0.25) is 0 Å². The van der Waals surface area contributed by atoms with Gasteiger partial charge in [-0.1, -0.05) is 0 Å². The van der Waals surface area contributed by atoms with Gasteiger partial charge in [-0.3, -0.25) is 4.79 Å². The van der Waals surface area contributed by atoms with Crippen LogP contribution in [0.3, 0.4) is 0 Å². The van der Waals surface area contributed by atoms with E-state index in [1.54, 1.807) is 0 Å². The van der Waals surface area contributed by atoms with Gasteiger partial charge in [0.05, 0.1) is 0 Å². The van der Waals surface area contributed by atoms with Crippen LogP contribution in [0.5, 0.6) is 0 Å². The monoisotopic (exact) mass is 192 g/mol. The van der Waals surface area contributed by atoms with Crippen molar-refractivity contribution >= 4 is 5.78 Å². The average Bonchev–Trinajstić information content (AvgIpc) is 2.07. The molecule has 4 N–H and O–H groups in total. The molecule has 1 aliphatic heterocycles. The molecular formula is C7H12O6. The molecule has 1 aliphatic rings. The molecule has 0 aromatic rings. The molecular weight excluding hydrogens is 180 g/mol. The fourth-order valence-electron chi connectivity index (χ4n) is 1.20. The Hall–Kier alpha value is -0.530. The standard InChI is InChI=1S/C7H12O6/c1-2(8)6-4(10)3(9)5(11)7(12)13-6/h3-7,9-12H,1H3. The molecule has 6 nitrogen and oxygen atoms in total. The summed E-state index contributed by atoms with van der Waals surface area (Å²) in [6.07, 6.45) is -7.60. The summed E-state index contributed by atoms with van der Waals surface area (Å²) in [6.45, 7) is 1.16. The lowest BCUT2D eigenvalue weighted by Crippen LogP contribution is -2.59. The van der Waals surface area contributed by atoms with Crippen molar-refractivity contribution in [3.8, 4) is 0 Å². The summed E-state index contributed by atoms with van der Waals surface area (Å²) in [7, 11) is 0. The van der Waals surface area contributed by atoms with E-state index in [4.69, 9.17) is 15.3 Å². The zero-order valence-electron chi connectivity index (χ0n) is 6.99. The van der Waals surface area contributed by atoms with Crippen LogP contribution in [0.15, 0.2) is 0 Å². The van der Waals surface area contributed by atoms with E-state index >= 15 is 0 Å². The number of hydrogen-bond donors (Lipinski definition) is 4. The van der Waals surface area contributed by atoms with E-state index in [1.165, 1.54) is 0 Å². The summed E-state index contributed by atoms with van der Waals surface area (Å²) >= 11 is 0. The van der Waals surface area contributed by atoms with Gasteiger partial charge in [0, 0.05) is 0 Å². The van der Waals surface area contributed by atoms with Crippen molar-refractivity contribution in [1.82, 2.24) is 0 Å². The van der Waals surface area contributed by atoms with Crippen molar-refractivity contribution in [1.29, 1.82) is 0 Å². The maximum absolute atomic E-state index is 10.8. The van der Waals surface area contributed by atoms with Crippen molar-refractivity contribution in [3.05, 3.63) is 0 Å². The molecule has 13 heavy (non-hydrogen) atoms. The number of ketones is 1. The van der Waals surface area contributed by atoms with Crippen LogP contribution < -0.4 is 0 Å². The van der Waals surface area contributed by atoms with Crippen molar-refractivity contribution in [2.75, 3.05) is 0 Å². The van der Waals surface area contributed by atoms with Gasteiger partial charge in [-0.05, 0) is 6.92 Å². The lowest BCUT2D eigenvalue weighted by Gasteiger charge is -2.37. The van der Waals surface area contributed by atoms with Crippen LogP contribution in [-0.4, -0.2) is 56.9 Å². The molecule has 0 radical (unpaired) electrons. The first-order chi connectivity index (χ1) is 5.95. The molecule has 0 aromatic carbocycles. The van der Waals surface area contributed by atoms with Gasteiger partial charge < -0.3 is 25.2 Å². The third-order valence-electron chi connectivity index (χ3n) is 1.99. The number of hydrogen-bond acceptors (Lipinski definition) is 6. The highest BCUT2D eigenvalue weighted by atomic mass is 16.6. The minimum absolute atomic E-state index is 0.516. The summed E-state index contributed by atoms with van der Waals surface area (Å²) < 4.78 is 4.59. The summed E-state index contributed by atoms with van der Waals surface area (Å²) in [5.74, 6) is -0.516. The second-order valence-corrected chi connectivity index (χ2v) is 3.03. The first-order valence-electron chi connectivity index (χ1n) is 3.83. The Bertz CT molecular complexity index is 205. The van der Waals surface area contributed by atoms with Crippen molar-refractivity contribution in [3.63, 3.8) is 0 Å². The van der Waals surface area contributed by atoms with Gasteiger partial charge in [0.15, 0.2) is 12.1 Å². The van der Waals surface area contributed by atoms with E-state index in [-0.39, 0.29) is 0 Å². The zero-order chi connectivity index (χ0) is 10.2. The molecule has 5 unspecified atom stereocenters. The number of carbonyl (C=O) groups is 1. The Morgan fingerprint density at radius 2 is 1.62 bits per heavy atom. The molecule has 0 saturated carbocycles. The Morgan fingerprint density at radius 3 is 2.08 bits per heavy atom. The number of aliphatic hydroxyl groups excluding tert-OH is 4. The van der Waals surface area contributed by atoms with Crippen LogP contribution in [0.2, 0.25) is 0 Å². The second-order valence-electron chi connectivity index (χ2n) is 3.03. The van der Waals surface area contributed by atoms with E-state index in [1.807, 2.05) is 0 Å². The predicted molar refractivity (Wildman–Crippen MR) is 39.6 cm³/mol. The number of Topliss-reactive ketones (excluding diaryl/α,β-unsaturated/α-hetero) is 1. The highest BCUT2D eigenvalue weighted by Gasteiger charge is 2.44. The summed E-state index contributed by atoms with van der Waals surface area (Å²) in [6, 6.07) is 0. The SMILES string of the molecule is CC(=O)C1OC(O)C(O)C(O)C1O. The highest BCUT2D eigenvalue weighted by Crippen LogP contribution is 2.20. The molecule has 0 bridgehead atoms. The minimum Gasteiger partial charge on any atom is -0.387 e. The van der Waals surface area contributed by atoms with E-state index < -0.39 is 36.5 Å². The maximum Gasteiger partial charge on any atom is 0.184 e. The molecule has 0 aromatic heterocycles. The van der Waals surface area contributed by atoms with Gasteiger partial charge in [0.1, 0.15) is 24.4 Å². The van der Waals surface area contributed by atoms with Gasteiger partial charge >= 0.3 is 0 Å². The Balaban J connectivity index is 2.76. The van der Waals surface area contributed by atoms with Crippen LogP contribution in [0, 0.1) is 0 Å². The largest absolute Gasteiger partial charge is 0.387 e. The zero-order valence-corrected chi connectivity index (χ0v) is 6.99. The number of aliphatic hydroxyl groups is 4. The Labute approximate surface area is 74.4 Å². The molecule has 1 fully saturated rings. The molecule has 0 aliphatic carbocycles. The fraction of sp³-hybridized carbons (Fsp3) is 0.857. The fourth-order valence-corrected chi connectivity index (χ4v) is 1.20. The first-order valence-corrected chi connectivity index (χ1v) is 3.83. The molecule has 5 atom stereocenters. The van der Waals surface area contributed by atoms with Crippen molar-refractivity contribution < 1.29 is 30.0 Å². The average molecular weight is 192 g/mol. The highest BCUT2D eigenvalue weighted by molar-refractivity contribution is 5.81. The molecule has 0 spiro atoms. The van der Waals surface area contributed by atoms with E-state index in [0.717, 1.165) is 6.92 Å². The third kappa shape index (κ3) is 1.87. The number of rotatable bonds is 1. The van der Waals surface area contributed by atoms with Crippen LogP contribution in [0.25, 0.3) is 0 Å². The maximum atomic E-state index is 10.8. The van der Waals surface area contributed by atoms with E-state index in [0.29, 0.717) is 0 Å². The minimum atomic E-state index is -1.65. The summed E-state index contributed by atoms with van der Waals surface area (Å²) in [5.41, 5.74) is 0. The smallest absolute Gasteiger partial charge is 0.184 e.